The molecule has 1 fully saturated rings. The minimum Gasteiger partial charge on any atom is -0.379 e. The van der Waals surface area contributed by atoms with Crippen LogP contribution in [0.4, 0.5) is 0 Å². The molecule has 2 atom stereocenters. The van der Waals surface area contributed by atoms with Gasteiger partial charge in [0.1, 0.15) is 5.78 Å². The third kappa shape index (κ3) is 2.14. The van der Waals surface area contributed by atoms with Gasteiger partial charge in [0.2, 0.25) is 0 Å². The lowest BCUT2D eigenvalue weighted by Crippen LogP contribution is -2.44. The van der Waals surface area contributed by atoms with Crippen LogP contribution in [0.1, 0.15) is 26.2 Å². The number of unbranched alkanes of at least 4 members (excludes halogenated alkanes) is 1. The first-order valence-electron chi connectivity index (χ1n) is 4.91. The van der Waals surface area contributed by atoms with Crippen LogP contribution in [-0.4, -0.2) is 25.0 Å². The summed E-state index contributed by atoms with van der Waals surface area (Å²) >= 11 is 0. The highest BCUT2D eigenvalue weighted by Gasteiger charge is 2.43. The van der Waals surface area contributed by atoms with E-state index in [0.717, 1.165) is 6.42 Å². The summed E-state index contributed by atoms with van der Waals surface area (Å²) < 4.78 is 5.21. The van der Waals surface area contributed by atoms with Crippen LogP contribution in [0, 0.1) is 17.8 Å². The van der Waals surface area contributed by atoms with E-state index < -0.39 is 5.41 Å². The number of carbonyl (C=O) groups is 1. The molecule has 2 N–H and O–H groups in total. The summed E-state index contributed by atoms with van der Waals surface area (Å²) in [6.45, 7) is 2.81. The Morgan fingerprint density at radius 1 is 1.79 bits per heavy atom. The summed E-state index contributed by atoms with van der Waals surface area (Å²) in [5.74, 6) is 2.70. The van der Waals surface area contributed by atoms with E-state index in [0.29, 0.717) is 26.1 Å². The molecule has 0 aromatic heterocycles. The molecule has 78 valence electrons. The van der Waals surface area contributed by atoms with Crippen LogP contribution in [0.2, 0.25) is 0 Å². The van der Waals surface area contributed by atoms with Crippen LogP contribution in [0.3, 0.4) is 0 Å². The van der Waals surface area contributed by atoms with E-state index in [1.165, 1.54) is 0 Å². The quantitative estimate of drug-likeness (QED) is 0.531. The Balaban J connectivity index is 2.47. The monoisotopic (exact) mass is 195 g/mol. The van der Waals surface area contributed by atoms with Gasteiger partial charge in [0.05, 0.1) is 18.6 Å². The molecule has 1 saturated heterocycles. The molecule has 14 heavy (non-hydrogen) atoms. The number of Topliss-reactive ketones (excluding diaryl/α,β-unsaturated/α-hetero) is 1. The summed E-state index contributed by atoms with van der Waals surface area (Å²) in [6.07, 6.45) is 7.03. The number of terminal acetylenes is 1. The molecule has 0 aromatic carbocycles. The number of ketones is 1. The zero-order valence-electron chi connectivity index (χ0n) is 8.58. The summed E-state index contributed by atoms with van der Waals surface area (Å²) in [4.78, 5) is 11.8. The van der Waals surface area contributed by atoms with Crippen molar-refractivity contribution in [3.63, 3.8) is 0 Å². The van der Waals surface area contributed by atoms with Crippen LogP contribution in [0.5, 0.6) is 0 Å². The summed E-state index contributed by atoms with van der Waals surface area (Å²) in [5, 5.41) is 0. The average Bonchev–Trinajstić information content (AvgIpc) is 2.49. The lowest BCUT2D eigenvalue weighted by molar-refractivity contribution is -0.128. The number of hydrogen-bond donors (Lipinski definition) is 1. The lowest BCUT2D eigenvalue weighted by Gasteiger charge is -2.24. The van der Waals surface area contributed by atoms with Crippen LogP contribution >= 0.6 is 0 Å². The molecule has 1 aliphatic rings. The van der Waals surface area contributed by atoms with Gasteiger partial charge in [0.25, 0.3) is 0 Å². The first kappa shape index (κ1) is 11.2. The molecule has 3 heteroatoms. The Bertz CT molecular complexity index is 257. The molecule has 3 nitrogen and oxygen atoms in total. The second-order valence-corrected chi connectivity index (χ2v) is 4.02. The van der Waals surface area contributed by atoms with Crippen LogP contribution in [0.15, 0.2) is 0 Å². The third-order valence-corrected chi connectivity index (χ3v) is 2.88. The highest BCUT2D eigenvalue weighted by Crippen LogP contribution is 2.29. The highest BCUT2D eigenvalue weighted by molar-refractivity contribution is 5.85. The van der Waals surface area contributed by atoms with Crippen LogP contribution in [0.25, 0.3) is 0 Å². The molecular formula is C11H17NO2. The van der Waals surface area contributed by atoms with Gasteiger partial charge in [-0.15, -0.1) is 12.3 Å². The van der Waals surface area contributed by atoms with Crippen molar-refractivity contribution in [2.45, 2.75) is 32.2 Å². The minimum absolute atomic E-state index is 0.166. The largest absolute Gasteiger partial charge is 0.379 e. The van der Waals surface area contributed by atoms with Crippen molar-refractivity contribution in [1.82, 2.24) is 0 Å². The molecule has 0 amide bonds. The van der Waals surface area contributed by atoms with Crippen molar-refractivity contribution in [2.75, 3.05) is 13.2 Å². The molecule has 1 heterocycles. The predicted molar refractivity (Wildman–Crippen MR) is 54.6 cm³/mol. The number of carbonyl (C=O) groups excluding carboxylic acids is 1. The fraction of sp³-hybridized carbons (Fsp3) is 0.727. The van der Waals surface area contributed by atoms with E-state index in [4.69, 9.17) is 16.9 Å². The second kappa shape index (κ2) is 4.59. The van der Waals surface area contributed by atoms with Gasteiger partial charge in [-0.2, -0.15) is 0 Å². The van der Waals surface area contributed by atoms with E-state index >= 15 is 0 Å². The molecule has 0 saturated carbocycles. The first-order valence-corrected chi connectivity index (χ1v) is 4.91. The van der Waals surface area contributed by atoms with Gasteiger partial charge in [-0.05, 0) is 13.3 Å². The third-order valence-electron chi connectivity index (χ3n) is 2.88. The first-order chi connectivity index (χ1) is 6.61. The molecule has 0 radical (unpaired) electrons. The van der Waals surface area contributed by atoms with Crippen LogP contribution < -0.4 is 5.73 Å². The maximum atomic E-state index is 11.8. The van der Waals surface area contributed by atoms with E-state index in [-0.39, 0.29) is 11.8 Å². The molecule has 0 spiro atoms. The maximum Gasteiger partial charge on any atom is 0.142 e. The molecule has 1 rings (SSSR count). The number of rotatable bonds is 4. The van der Waals surface area contributed by atoms with Crippen molar-refractivity contribution in [3.05, 3.63) is 0 Å². The summed E-state index contributed by atoms with van der Waals surface area (Å²) in [7, 11) is 0. The number of ether oxygens (including phenoxy) is 1. The molecule has 1 aliphatic heterocycles. The van der Waals surface area contributed by atoms with Gasteiger partial charge >= 0.3 is 0 Å². The molecule has 0 bridgehead atoms. The van der Waals surface area contributed by atoms with E-state index in [9.17, 15) is 4.79 Å². The Labute approximate surface area is 85.0 Å². The topological polar surface area (TPSA) is 52.3 Å². The molecule has 0 aliphatic carbocycles. The van der Waals surface area contributed by atoms with Crippen molar-refractivity contribution >= 4 is 5.78 Å². The SMILES string of the molecule is C#CCCCC(=O)C1(C)COCC1N. The molecule has 0 aromatic rings. The predicted octanol–water partition coefficient (Wildman–Crippen LogP) is 0.723. The normalized spacial score (nSPS) is 31.4. The highest BCUT2D eigenvalue weighted by atomic mass is 16.5. The van der Waals surface area contributed by atoms with E-state index in [1.807, 2.05) is 6.92 Å². The standard InChI is InChI=1S/C11H17NO2/c1-3-4-5-6-10(13)11(2)8-14-7-9(11)12/h1,9H,4-8,12H2,2H3. The maximum absolute atomic E-state index is 11.8. The van der Waals surface area contributed by atoms with Crippen molar-refractivity contribution in [2.24, 2.45) is 11.1 Å². The smallest absolute Gasteiger partial charge is 0.142 e. The average molecular weight is 195 g/mol. The van der Waals surface area contributed by atoms with Gasteiger partial charge in [-0.3, -0.25) is 4.79 Å². The van der Waals surface area contributed by atoms with Crippen molar-refractivity contribution in [3.8, 4) is 12.3 Å². The Hall–Kier alpha value is -0.850. The van der Waals surface area contributed by atoms with Gasteiger partial charge in [-0.25, -0.2) is 0 Å². The van der Waals surface area contributed by atoms with E-state index in [1.54, 1.807) is 0 Å². The zero-order chi connectivity index (χ0) is 10.6. The Morgan fingerprint density at radius 3 is 3.00 bits per heavy atom. The molecule has 2 unspecified atom stereocenters. The van der Waals surface area contributed by atoms with Crippen LogP contribution in [-0.2, 0) is 9.53 Å². The van der Waals surface area contributed by atoms with Crippen molar-refractivity contribution in [1.29, 1.82) is 0 Å². The van der Waals surface area contributed by atoms with Gasteiger partial charge in [0, 0.05) is 18.9 Å². The number of hydrogen-bond acceptors (Lipinski definition) is 3. The van der Waals surface area contributed by atoms with Gasteiger partial charge < -0.3 is 10.5 Å². The fourth-order valence-corrected chi connectivity index (χ4v) is 1.61. The summed E-state index contributed by atoms with van der Waals surface area (Å²) in [5.41, 5.74) is 5.34. The Kier molecular flexibility index (Phi) is 3.68. The number of nitrogens with two attached hydrogens (primary N) is 1. The van der Waals surface area contributed by atoms with E-state index in [2.05, 4.69) is 5.92 Å². The second-order valence-electron chi connectivity index (χ2n) is 4.02. The summed E-state index contributed by atoms with van der Waals surface area (Å²) in [6, 6.07) is -0.166. The van der Waals surface area contributed by atoms with Gasteiger partial charge in [0.15, 0.2) is 0 Å². The molecular weight excluding hydrogens is 178 g/mol. The Morgan fingerprint density at radius 2 is 2.50 bits per heavy atom. The zero-order valence-corrected chi connectivity index (χ0v) is 8.58. The van der Waals surface area contributed by atoms with Crippen molar-refractivity contribution < 1.29 is 9.53 Å². The van der Waals surface area contributed by atoms with Gasteiger partial charge in [-0.1, -0.05) is 0 Å². The minimum atomic E-state index is -0.491. The lowest BCUT2D eigenvalue weighted by atomic mass is 9.79. The fourth-order valence-electron chi connectivity index (χ4n) is 1.61.